The lowest BCUT2D eigenvalue weighted by molar-refractivity contribution is -0.138. The fraction of sp³-hybridized carbons (Fsp3) is 0.407. The average molecular weight is 519 g/mol. The molecule has 1 fully saturated rings. The summed E-state index contributed by atoms with van der Waals surface area (Å²) in [5.74, 6) is -0.295. The van der Waals surface area contributed by atoms with E-state index in [-0.39, 0.29) is 54.7 Å². The molecule has 198 valence electrons. The largest absolute Gasteiger partial charge is 0.481 e. The predicted octanol–water partition coefficient (Wildman–Crippen LogP) is 3.26. The Morgan fingerprint density at radius 3 is 2.63 bits per heavy atom. The molecule has 3 aromatic rings. The van der Waals surface area contributed by atoms with Crippen LogP contribution in [0, 0.1) is 5.92 Å². The number of hydrogen-bond acceptors (Lipinski definition) is 9. The predicted molar refractivity (Wildman–Crippen MR) is 138 cm³/mol. The van der Waals surface area contributed by atoms with Gasteiger partial charge in [-0.15, -0.1) is 0 Å². The Kier molecular flexibility index (Phi) is 7.62. The van der Waals surface area contributed by atoms with Crippen LogP contribution < -0.4 is 20.1 Å². The molecule has 1 aromatic carbocycles. The Labute approximate surface area is 220 Å². The fourth-order valence-electron chi connectivity index (χ4n) is 5.10. The first-order valence-electron chi connectivity index (χ1n) is 12.8. The lowest BCUT2D eigenvalue weighted by atomic mass is 9.77. The van der Waals surface area contributed by atoms with E-state index in [2.05, 4.69) is 19.9 Å². The van der Waals surface area contributed by atoms with E-state index >= 15 is 0 Å². The van der Waals surface area contributed by atoms with Crippen molar-refractivity contribution in [3.05, 3.63) is 59.7 Å². The summed E-state index contributed by atoms with van der Waals surface area (Å²) in [4.78, 5) is 42.8. The van der Waals surface area contributed by atoms with E-state index in [0.29, 0.717) is 18.9 Å². The van der Waals surface area contributed by atoms with Gasteiger partial charge in [-0.05, 0) is 55.2 Å². The number of nitrogen functional groups attached to an aromatic ring is 1. The molecule has 1 aliphatic heterocycles. The summed E-state index contributed by atoms with van der Waals surface area (Å²) in [6.07, 6.45) is 9.41. The first kappa shape index (κ1) is 25.4. The van der Waals surface area contributed by atoms with Crippen molar-refractivity contribution in [1.29, 1.82) is 0 Å². The van der Waals surface area contributed by atoms with Crippen LogP contribution in [0.2, 0.25) is 0 Å². The molecule has 0 spiro atoms. The van der Waals surface area contributed by atoms with Crippen LogP contribution in [-0.4, -0.2) is 56.7 Å². The lowest BCUT2D eigenvalue weighted by Crippen LogP contribution is -2.32. The highest BCUT2D eigenvalue weighted by atomic mass is 16.5. The summed E-state index contributed by atoms with van der Waals surface area (Å²) in [7, 11) is 0. The van der Waals surface area contributed by atoms with Gasteiger partial charge in [-0.25, -0.2) is 0 Å². The van der Waals surface area contributed by atoms with Gasteiger partial charge in [-0.1, -0.05) is 12.1 Å². The number of fused-ring (bicyclic) bond motifs is 1. The number of aliphatic carboxylic acids is 1. The van der Waals surface area contributed by atoms with Gasteiger partial charge in [0, 0.05) is 37.1 Å². The van der Waals surface area contributed by atoms with Crippen molar-refractivity contribution in [2.24, 2.45) is 5.92 Å². The van der Waals surface area contributed by atoms with E-state index in [0.717, 1.165) is 37.1 Å². The van der Waals surface area contributed by atoms with E-state index in [1.54, 1.807) is 23.5 Å². The highest BCUT2D eigenvalue weighted by Gasteiger charge is 2.30. The van der Waals surface area contributed by atoms with E-state index < -0.39 is 5.97 Å². The minimum absolute atomic E-state index is 0.00357. The molecule has 11 heteroatoms. The first-order chi connectivity index (χ1) is 18.5. The van der Waals surface area contributed by atoms with Gasteiger partial charge in [0.15, 0.2) is 0 Å². The van der Waals surface area contributed by atoms with Crippen LogP contribution in [0.5, 0.6) is 11.9 Å². The minimum atomic E-state index is -0.723. The standard InChI is InChI=1S/C27H30N6O5/c28-24-23-25(32-27(31-24)38-13-9-20-16-29-10-11-30-20)37-14-12-33(26(23)36)21-7-5-19(6-8-21)18-3-1-17(2-4-18)15-22(34)35/h5-8,10-11,16-18H,1-4,9,12-15H2,(H,34,35)(H2,28,31,32). The maximum absolute atomic E-state index is 13.5. The zero-order valence-corrected chi connectivity index (χ0v) is 21.0. The van der Waals surface area contributed by atoms with Crippen LogP contribution in [0.1, 0.15) is 59.6 Å². The Hall–Kier alpha value is -4.28. The number of carbonyl (C=O) groups excluding carboxylic acids is 1. The van der Waals surface area contributed by atoms with Crippen LogP contribution in [0.25, 0.3) is 0 Å². The second kappa shape index (κ2) is 11.4. The van der Waals surface area contributed by atoms with E-state index in [1.807, 2.05) is 24.3 Å². The Morgan fingerprint density at radius 2 is 1.92 bits per heavy atom. The third kappa shape index (κ3) is 5.82. The SMILES string of the molecule is Nc1nc(OCCc2cnccn2)nc2c1C(=O)N(c1ccc(C3CCC(CC(=O)O)CC3)cc1)CCO2. The zero-order valence-electron chi connectivity index (χ0n) is 21.0. The van der Waals surface area contributed by atoms with Crippen LogP contribution in [0.3, 0.4) is 0 Å². The number of rotatable bonds is 8. The maximum Gasteiger partial charge on any atom is 0.321 e. The normalized spacial score (nSPS) is 19.3. The third-order valence-electron chi connectivity index (χ3n) is 7.09. The van der Waals surface area contributed by atoms with Crippen molar-refractivity contribution in [3.8, 4) is 11.9 Å². The van der Waals surface area contributed by atoms with Crippen molar-refractivity contribution in [3.63, 3.8) is 0 Å². The quantitative estimate of drug-likeness (QED) is 0.454. The third-order valence-corrected chi connectivity index (χ3v) is 7.09. The van der Waals surface area contributed by atoms with Crippen molar-refractivity contribution in [2.75, 3.05) is 30.4 Å². The molecule has 0 radical (unpaired) electrons. The molecular formula is C27H30N6O5. The summed E-state index contributed by atoms with van der Waals surface area (Å²) < 4.78 is 11.4. The highest BCUT2D eigenvalue weighted by Crippen LogP contribution is 2.38. The first-order valence-corrected chi connectivity index (χ1v) is 12.8. The molecule has 0 bridgehead atoms. The van der Waals surface area contributed by atoms with Crippen molar-refractivity contribution in [1.82, 2.24) is 19.9 Å². The number of anilines is 2. The van der Waals surface area contributed by atoms with Gasteiger partial charge in [-0.2, -0.15) is 9.97 Å². The number of carboxylic acid groups (broad SMARTS) is 1. The molecule has 38 heavy (non-hydrogen) atoms. The van der Waals surface area contributed by atoms with Gasteiger partial charge in [-0.3, -0.25) is 19.6 Å². The number of carboxylic acids is 1. The second-order valence-electron chi connectivity index (χ2n) is 9.58. The fourth-order valence-corrected chi connectivity index (χ4v) is 5.10. The molecule has 1 aliphatic carbocycles. The number of ether oxygens (including phenoxy) is 2. The van der Waals surface area contributed by atoms with Crippen LogP contribution in [-0.2, 0) is 11.2 Å². The van der Waals surface area contributed by atoms with Gasteiger partial charge in [0.25, 0.3) is 5.91 Å². The Bertz CT molecular complexity index is 1280. The molecule has 0 saturated heterocycles. The lowest BCUT2D eigenvalue weighted by Gasteiger charge is -2.28. The van der Waals surface area contributed by atoms with E-state index in [9.17, 15) is 9.59 Å². The topological polar surface area (TPSA) is 154 Å². The Morgan fingerprint density at radius 1 is 1.13 bits per heavy atom. The minimum Gasteiger partial charge on any atom is -0.481 e. The molecule has 5 rings (SSSR count). The number of nitrogens with zero attached hydrogens (tertiary/aromatic N) is 5. The number of amides is 1. The van der Waals surface area contributed by atoms with Crippen molar-refractivity contribution in [2.45, 2.75) is 44.4 Å². The van der Waals surface area contributed by atoms with Gasteiger partial charge in [0.1, 0.15) is 18.0 Å². The number of carbonyl (C=O) groups is 2. The molecule has 2 aromatic heterocycles. The van der Waals surface area contributed by atoms with Crippen LogP contribution in [0.4, 0.5) is 11.5 Å². The summed E-state index contributed by atoms with van der Waals surface area (Å²) in [6.45, 7) is 0.839. The average Bonchev–Trinajstić information content (AvgIpc) is 3.08. The summed E-state index contributed by atoms with van der Waals surface area (Å²) in [5.41, 5.74) is 8.99. The molecule has 3 N–H and O–H groups in total. The van der Waals surface area contributed by atoms with E-state index in [4.69, 9.17) is 20.3 Å². The number of hydrogen-bond donors (Lipinski definition) is 2. The van der Waals surface area contributed by atoms with Crippen molar-refractivity contribution < 1.29 is 24.2 Å². The zero-order chi connectivity index (χ0) is 26.5. The highest BCUT2D eigenvalue weighted by molar-refractivity contribution is 6.10. The molecule has 11 nitrogen and oxygen atoms in total. The number of benzene rings is 1. The molecular weight excluding hydrogens is 488 g/mol. The van der Waals surface area contributed by atoms with Gasteiger partial charge in [0.05, 0.1) is 18.8 Å². The van der Waals surface area contributed by atoms with Crippen molar-refractivity contribution >= 4 is 23.4 Å². The molecule has 3 heterocycles. The van der Waals surface area contributed by atoms with Crippen LogP contribution >= 0.6 is 0 Å². The number of nitrogens with two attached hydrogens (primary N) is 1. The monoisotopic (exact) mass is 518 g/mol. The van der Waals surface area contributed by atoms with Crippen LogP contribution in [0.15, 0.2) is 42.9 Å². The van der Waals surface area contributed by atoms with Gasteiger partial charge < -0.3 is 25.2 Å². The Balaban J connectivity index is 1.25. The van der Waals surface area contributed by atoms with Gasteiger partial charge in [0.2, 0.25) is 5.88 Å². The number of aromatic nitrogens is 4. The molecule has 1 saturated carbocycles. The maximum atomic E-state index is 13.5. The van der Waals surface area contributed by atoms with E-state index in [1.165, 1.54) is 5.56 Å². The molecule has 1 amide bonds. The molecule has 0 unspecified atom stereocenters. The molecule has 0 atom stereocenters. The summed E-state index contributed by atoms with van der Waals surface area (Å²) in [5, 5.41) is 9.04. The molecule has 2 aliphatic rings. The summed E-state index contributed by atoms with van der Waals surface area (Å²) in [6, 6.07) is 8.00. The van der Waals surface area contributed by atoms with Gasteiger partial charge >= 0.3 is 12.0 Å². The summed E-state index contributed by atoms with van der Waals surface area (Å²) >= 11 is 0. The smallest absolute Gasteiger partial charge is 0.321 e. The second-order valence-corrected chi connectivity index (χ2v) is 9.58.